The van der Waals surface area contributed by atoms with Gasteiger partial charge in [0.05, 0.1) is 10.2 Å². The highest BCUT2D eigenvalue weighted by molar-refractivity contribution is 9.10. The minimum atomic E-state index is 0.569. The van der Waals surface area contributed by atoms with Gasteiger partial charge in [-0.1, -0.05) is 48.1 Å². The first-order valence-electron chi connectivity index (χ1n) is 6.61. The number of nitrogens with one attached hydrogen (secondary N) is 1. The van der Waals surface area contributed by atoms with Gasteiger partial charge in [-0.2, -0.15) is 0 Å². The van der Waals surface area contributed by atoms with Gasteiger partial charge in [-0.3, -0.25) is 0 Å². The van der Waals surface area contributed by atoms with E-state index in [0.29, 0.717) is 10.6 Å². The molecule has 21 heavy (non-hydrogen) atoms. The second kappa shape index (κ2) is 7.90. The highest BCUT2D eigenvalue weighted by atomic mass is 79.9. The zero-order chi connectivity index (χ0) is 15.4. The molecule has 1 heterocycles. The Morgan fingerprint density at radius 2 is 2.10 bits per heavy atom. The fraction of sp³-hybridized carbons (Fsp3) is 0.333. The van der Waals surface area contributed by atoms with Crippen molar-refractivity contribution in [2.24, 2.45) is 5.92 Å². The topological polar surface area (TPSA) is 28.7 Å². The molecule has 2 nitrogen and oxygen atoms in total. The van der Waals surface area contributed by atoms with Crippen LogP contribution in [-0.2, 0) is 12.2 Å². The van der Waals surface area contributed by atoms with E-state index in [-0.39, 0.29) is 0 Å². The molecule has 0 saturated heterocycles. The maximum Gasteiger partial charge on any atom is 0.144 e. The van der Waals surface area contributed by atoms with Gasteiger partial charge >= 0.3 is 0 Å². The molecule has 0 atom stereocenters. The number of benzene rings is 1. The van der Waals surface area contributed by atoms with Gasteiger partial charge in [0, 0.05) is 15.1 Å². The van der Waals surface area contributed by atoms with Crippen molar-refractivity contribution in [3.05, 3.63) is 49.4 Å². The number of thioether (sulfide) groups is 1. The molecule has 0 radical (unpaired) electrons. The second-order valence-corrected chi connectivity index (χ2v) is 8.27. The Balaban J connectivity index is 2.17. The van der Waals surface area contributed by atoms with Crippen LogP contribution in [0, 0.1) is 10.6 Å². The van der Waals surface area contributed by atoms with E-state index in [1.807, 2.05) is 12.1 Å². The number of hydrogen-bond donors (Lipinski definition) is 1. The van der Waals surface area contributed by atoms with E-state index in [9.17, 15) is 0 Å². The first-order valence-corrected chi connectivity index (χ1v) is 9.59. The molecule has 0 saturated carbocycles. The van der Waals surface area contributed by atoms with Crippen LogP contribution in [0.4, 0.5) is 0 Å². The molecule has 1 aromatic carbocycles. The third-order valence-electron chi connectivity index (χ3n) is 2.77. The fourth-order valence-corrected chi connectivity index (χ4v) is 3.84. The second-order valence-electron chi connectivity index (χ2n) is 5.13. The van der Waals surface area contributed by atoms with Crippen LogP contribution in [-0.4, -0.2) is 9.97 Å². The van der Waals surface area contributed by atoms with Gasteiger partial charge in [-0.05, 0) is 46.5 Å². The molecule has 6 heteroatoms. The molecular formula is C15H16Br2N2S2. The van der Waals surface area contributed by atoms with Crippen LogP contribution >= 0.6 is 55.8 Å². The van der Waals surface area contributed by atoms with Gasteiger partial charge in [0.25, 0.3) is 0 Å². The van der Waals surface area contributed by atoms with Gasteiger partial charge in [0.15, 0.2) is 0 Å². The number of H-pyrrole nitrogens is 1. The molecule has 2 aromatic rings. The van der Waals surface area contributed by atoms with E-state index in [0.717, 1.165) is 32.6 Å². The van der Waals surface area contributed by atoms with E-state index < -0.39 is 0 Å². The summed E-state index contributed by atoms with van der Waals surface area (Å²) >= 11 is 14.1. The van der Waals surface area contributed by atoms with Crippen LogP contribution in [0.5, 0.6) is 0 Å². The van der Waals surface area contributed by atoms with Gasteiger partial charge in [0.2, 0.25) is 0 Å². The quantitative estimate of drug-likeness (QED) is 0.439. The van der Waals surface area contributed by atoms with Crippen molar-refractivity contribution in [2.75, 3.05) is 0 Å². The lowest BCUT2D eigenvalue weighted by Gasteiger charge is -2.10. The minimum absolute atomic E-state index is 0.569. The first kappa shape index (κ1) is 17.2. The van der Waals surface area contributed by atoms with E-state index in [1.165, 1.54) is 4.90 Å². The zero-order valence-electron chi connectivity index (χ0n) is 11.8. The molecular weight excluding hydrogens is 432 g/mol. The van der Waals surface area contributed by atoms with Crippen molar-refractivity contribution in [1.29, 1.82) is 0 Å². The molecule has 1 aromatic heterocycles. The Bertz CT molecular complexity index is 684. The molecule has 0 aliphatic carbocycles. The number of aromatic amines is 1. The largest absolute Gasteiger partial charge is 0.345 e. The van der Waals surface area contributed by atoms with E-state index >= 15 is 0 Å². The monoisotopic (exact) mass is 446 g/mol. The first-order chi connectivity index (χ1) is 9.95. The minimum Gasteiger partial charge on any atom is -0.345 e. The van der Waals surface area contributed by atoms with Crippen LogP contribution in [0.25, 0.3) is 0 Å². The molecule has 0 amide bonds. The molecule has 112 valence electrons. The molecule has 0 bridgehead atoms. The van der Waals surface area contributed by atoms with Crippen LogP contribution < -0.4 is 0 Å². The number of halogens is 2. The lowest BCUT2D eigenvalue weighted by Crippen LogP contribution is -2.04. The third kappa shape index (κ3) is 5.20. The summed E-state index contributed by atoms with van der Waals surface area (Å²) in [6.07, 6.45) is 0.960. The number of hydrogen-bond acceptors (Lipinski definition) is 3. The summed E-state index contributed by atoms with van der Waals surface area (Å²) in [5.74, 6) is 2.27. The average molecular weight is 448 g/mol. The van der Waals surface area contributed by atoms with Crippen LogP contribution in [0.2, 0.25) is 0 Å². The van der Waals surface area contributed by atoms with Crippen molar-refractivity contribution in [3.63, 3.8) is 0 Å². The zero-order valence-corrected chi connectivity index (χ0v) is 16.6. The summed E-state index contributed by atoms with van der Waals surface area (Å²) < 4.78 is 2.64. The summed E-state index contributed by atoms with van der Waals surface area (Å²) in [5.41, 5.74) is 1.13. The Kier molecular flexibility index (Phi) is 6.47. The predicted octanol–water partition coefficient (Wildman–Crippen LogP) is 6.15. The predicted molar refractivity (Wildman–Crippen MR) is 99.4 cm³/mol. The highest BCUT2D eigenvalue weighted by Crippen LogP contribution is 2.26. The number of nitrogens with zero attached hydrogens (tertiary/aromatic N) is 1. The Labute approximate surface area is 151 Å². The van der Waals surface area contributed by atoms with Gasteiger partial charge in [-0.15, -0.1) is 11.8 Å². The normalized spacial score (nSPS) is 11.1. The van der Waals surface area contributed by atoms with Crippen molar-refractivity contribution >= 4 is 55.8 Å². The molecule has 1 N–H and O–H groups in total. The Hall–Kier alpha value is -0.170. The number of rotatable bonds is 5. The summed E-state index contributed by atoms with van der Waals surface area (Å²) in [6, 6.07) is 8.26. The molecule has 0 aliphatic heterocycles. The molecule has 0 unspecified atom stereocenters. The van der Waals surface area contributed by atoms with Crippen LogP contribution in [0.1, 0.15) is 25.4 Å². The van der Waals surface area contributed by atoms with E-state index in [4.69, 9.17) is 12.2 Å². The van der Waals surface area contributed by atoms with Gasteiger partial charge in [0.1, 0.15) is 10.5 Å². The van der Waals surface area contributed by atoms with Gasteiger partial charge < -0.3 is 4.98 Å². The van der Waals surface area contributed by atoms with Crippen molar-refractivity contribution in [1.82, 2.24) is 9.97 Å². The van der Waals surface area contributed by atoms with E-state index in [2.05, 4.69) is 67.8 Å². The van der Waals surface area contributed by atoms with E-state index in [1.54, 1.807) is 11.8 Å². The summed E-state index contributed by atoms with van der Waals surface area (Å²) in [7, 11) is 0. The fourth-order valence-electron chi connectivity index (χ4n) is 1.88. The summed E-state index contributed by atoms with van der Waals surface area (Å²) in [4.78, 5) is 9.08. The highest BCUT2D eigenvalue weighted by Gasteiger charge is 2.09. The van der Waals surface area contributed by atoms with Crippen molar-refractivity contribution in [2.45, 2.75) is 30.9 Å². The Morgan fingerprint density at radius 1 is 1.33 bits per heavy atom. The maximum absolute atomic E-state index is 5.34. The molecule has 0 aliphatic rings. The summed E-state index contributed by atoms with van der Waals surface area (Å²) in [6.45, 7) is 4.39. The smallest absolute Gasteiger partial charge is 0.144 e. The number of aromatic nitrogens is 2. The molecule has 0 fully saturated rings. The lowest BCUT2D eigenvalue weighted by molar-refractivity contribution is 0.629. The SMILES string of the molecule is CC(C)Cc1[nH]c(CSc2cccc(Br)c2)nc(=S)c1Br. The van der Waals surface area contributed by atoms with Crippen LogP contribution in [0.3, 0.4) is 0 Å². The maximum atomic E-state index is 5.34. The Morgan fingerprint density at radius 3 is 2.76 bits per heavy atom. The standard InChI is InChI=1S/C15H16Br2N2S2/c1-9(2)6-12-14(17)15(20)19-13(18-12)8-21-11-5-3-4-10(16)7-11/h3-5,7,9H,6,8H2,1-2H3,(H,18,19,20). The lowest BCUT2D eigenvalue weighted by atomic mass is 10.1. The average Bonchev–Trinajstić information content (AvgIpc) is 2.41. The van der Waals surface area contributed by atoms with Crippen LogP contribution in [0.15, 0.2) is 38.1 Å². The molecule has 2 rings (SSSR count). The van der Waals surface area contributed by atoms with Gasteiger partial charge in [-0.25, -0.2) is 4.98 Å². The third-order valence-corrected chi connectivity index (χ3v) is 5.68. The van der Waals surface area contributed by atoms with Crippen molar-refractivity contribution < 1.29 is 0 Å². The van der Waals surface area contributed by atoms with Crippen molar-refractivity contribution in [3.8, 4) is 0 Å². The molecule has 0 spiro atoms. The summed E-state index contributed by atoms with van der Waals surface area (Å²) in [5, 5.41) is 0.